The SMILES string of the molecule is COc1ccc(-n2c(C)nnc2S[C@@H](C[N+](=O)[O-])c2ccc(OCc3ccc(F)cc3)cc2)cc1. The van der Waals surface area contributed by atoms with Crippen molar-refractivity contribution in [3.63, 3.8) is 0 Å². The molecular formula is C25H23FN4O4S. The number of hydrogen-bond acceptors (Lipinski definition) is 7. The van der Waals surface area contributed by atoms with Crippen LogP contribution in [0.15, 0.2) is 78.0 Å². The predicted octanol–water partition coefficient (Wildman–Crippen LogP) is 5.41. The van der Waals surface area contributed by atoms with Crippen LogP contribution in [0.2, 0.25) is 0 Å². The topological polar surface area (TPSA) is 92.3 Å². The van der Waals surface area contributed by atoms with Gasteiger partial charge < -0.3 is 9.47 Å². The zero-order valence-electron chi connectivity index (χ0n) is 19.1. The minimum absolute atomic E-state index is 0.283. The third kappa shape index (κ3) is 6.15. The van der Waals surface area contributed by atoms with E-state index in [0.29, 0.717) is 16.7 Å². The molecule has 0 radical (unpaired) electrons. The van der Waals surface area contributed by atoms with E-state index >= 15 is 0 Å². The number of nitro groups is 1. The maximum atomic E-state index is 13.1. The number of methoxy groups -OCH3 is 1. The van der Waals surface area contributed by atoms with Gasteiger partial charge in [0, 0.05) is 10.6 Å². The van der Waals surface area contributed by atoms with E-state index in [9.17, 15) is 14.5 Å². The lowest BCUT2D eigenvalue weighted by atomic mass is 10.1. The number of halogens is 1. The number of ether oxygens (including phenoxy) is 2. The van der Waals surface area contributed by atoms with Gasteiger partial charge in [0.25, 0.3) is 0 Å². The van der Waals surface area contributed by atoms with Crippen LogP contribution in [0, 0.1) is 22.9 Å². The Hall–Kier alpha value is -3.92. The highest BCUT2D eigenvalue weighted by molar-refractivity contribution is 7.99. The molecule has 35 heavy (non-hydrogen) atoms. The standard InChI is InChI=1S/C25H23FN4O4S/c1-17-27-28-25(30(17)21-9-13-22(33-2)14-10-21)35-24(15-29(31)32)19-5-11-23(12-6-19)34-16-18-3-7-20(26)8-4-18/h3-14,24H,15-16H2,1-2H3/t24-/m0/s1. The highest BCUT2D eigenvalue weighted by Crippen LogP contribution is 2.36. The Morgan fingerprint density at radius 1 is 1.00 bits per heavy atom. The van der Waals surface area contributed by atoms with E-state index in [0.717, 1.165) is 22.6 Å². The fourth-order valence-electron chi connectivity index (χ4n) is 3.45. The second-order valence-electron chi connectivity index (χ2n) is 7.67. The number of aromatic nitrogens is 3. The molecule has 0 aliphatic carbocycles. The van der Waals surface area contributed by atoms with Crippen LogP contribution in [0.1, 0.15) is 22.2 Å². The quantitative estimate of drug-likeness (QED) is 0.165. The first-order valence-corrected chi connectivity index (χ1v) is 11.6. The Kier molecular flexibility index (Phi) is 7.61. The van der Waals surface area contributed by atoms with Crippen molar-refractivity contribution in [2.45, 2.75) is 23.9 Å². The van der Waals surface area contributed by atoms with Gasteiger partial charge in [-0.2, -0.15) is 0 Å². The van der Waals surface area contributed by atoms with E-state index in [-0.39, 0.29) is 23.9 Å². The molecule has 10 heteroatoms. The van der Waals surface area contributed by atoms with Crippen molar-refractivity contribution in [2.24, 2.45) is 0 Å². The van der Waals surface area contributed by atoms with Crippen LogP contribution in [-0.2, 0) is 6.61 Å². The molecule has 8 nitrogen and oxygen atoms in total. The first-order chi connectivity index (χ1) is 16.9. The van der Waals surface area contributed by atoms with E-state index in [1.54, 1.807) is 31.4 Å². The molecule has 4 aromatic rings. The molecule has 0 aliphatic heterocycles. The molecule has 0 unspecified atom stereocenters. The maximum absolute atomic E-state index is 13.1. The van der Waals surface area contributed by atoms with Crippen molar-refractivity contribution in [3.05, 3.63) is 106 Å². The van der Waals surface area contributed by atoms with E-state index < -0.39 is 5.25 Å². The normalized spacial score (nSPS) is 11.7. The molecule has 180 valence electrons. The van der Waals surface area contributed by atoms with Gasteiger partial charge in [-0.15, -0.1) is 10.2 Å². The molecule has 3 aromatic carbocycles. The minimum Gasteiger partial charge on any atom is -0.497 e. The highest BCUT2D eigenvalue weighted by atomic mass is 32.2. The van der Waals surface area contributed by atoms with Crippen molar-refractivity contribution in [2.75, 3.05) is 13.7 Å². The third-order valence-electron chi connectivity index (χ3n) is 5.26. The summed E-state index contributed by atoms with van der Waals surface area (Å²) in [4.78, 5) is 11.1. The Morgan fingerprint density at radius 3 is 2.29 bits per heavy atom. The molecule has 0 bridgehead atoms. The summed E-state index contributed by atoms with van der Waals surface area (Å²) in [5.74, 6) is 1.70. The largest absolute Gasteiger partial charge is 0.497 e. The van der Waals surface area contributed by atoms with Gasteiger partial charge in [0.15, 0.2) is 5.16 Å². The molecule has 0 amide bonds. The fraction of sp³-hybridized carbons (Fsp3) is 0.200. The summed E-state index contributed by atoms with van der Waals surface area (Å²) in [7, 11) is 1.60. The molecule has 1 aromatic heterocycles. The van der Waals surface area contributed by atoms with Gasteiger partial charge >= 0.3 is 0 Å². The van der Waals surface area contributed by atoms with Crippen LogP contribution in [0.3, 0.4) is 0 Å². The molecule has 0 fully saturated rings. The lowest BCUT2D eigenvalue weighted by Crippen LogP contribution is -2.11. The molecule has 0 N–H and O–H groups in total. The molecule has 1 atom stereocenters. The van der Waals surface area contributed by atoms with Crippen LogP contribution >= 0.6 is 11.8 Å². The molecular weight excluding hydrogens is 471 g/mol. The van der Waals surface area contributed by atoms with Crippen LogP contribution in [0.4, 0.5) is 4.39 Å². The fourth-order valence-corrected chi connectivity index (χ4v) is 4.62. The van der Waals surface area contributed by atoms with Gasteiger partial charge in [-0.1, -0.05) is 36.0 Å². The van der Waals surface area contributed by atoms with Gasteiger partial charge in [-0.25, -0.2) is 4.39 Å². The van der Waals surface area contributed by atoms with Crippen LogP contribution in [0.25, 0.3) is 5.69 Å². The molecule has 4 rings (SSSR count). The van der Waals surface area contributed by atoms with E-state index in [4.69, 9.17) is 9.47 Å². The average Bonchev–Trinajstić information content (AvgIpc) is 3.23. The van der Waals surface area contributed by atoms with Crippen molar-refractivity contribution >= 4 is 11.8 Å². The highest BCUT2D eigenvalue weighted by Gasteiger charge is 2.24. The van der Waals surface area contributed by atoms with E-state index in [1.165, 1.54) is 23.9 Å². The monoisotopic (exact) mass is 494 g/mol. The second kappa shape index (κ2) is 11.0. The molecule has 0 saturated heterocycles. The molecule has 0 spiro atoms. The summed E-state index contributed by atoms with van der Waals surface area (Å²) in [6.45, 7) is 1.84. The van der Waals surface area contributed by atoms with Crippen molar-refractivity contribution in [3.8, 4) is 17.2 Å². The first-order valence-electron chi connectivity index (χ1n) is 10.7. The number of nitrogens with zero attached hydrogens (tertiary/aromatic N) is 4. The smallest absolute Gasteiger partial charge is 0.220 e. The summed E-state index contributed by atoms with van der Waals surface area (Å²) in [6.07, 6.45) is 0. The first kappa shape index (κ1) is 24.2. The van der Waals surface area contributed by atoms with Crippen molar-refractivity contribution < 1.29 is 18.8 Å². The van der Waals surface area contributed by atoms with Crippen LogP contribution in [0.5, 0.6) is 11.5 Å². The lowest BCUT2D eigenvalue weighted by Gasteiger charge is -2.15. The minimum atomic E-state index is -0.489. The van der Waals surface area contributed by atoms with Crippen LogP contribution in [-0.4, -0.2) is 33.3 Å². The zero-order chi connectivity index (χ0) is 24.8. The van der Waals surface area contributed by atoms with Gasteiger partial charge in [0.1, 0.15) is 35.0 Å². The van der Waals surface area contributed by atoms with Crippen molar-refractivity contribution in [1.82, 2.24) is 14.8 Å². The summed E-state index contributed by atoms with van der Waals surface area (Å²) >= 11 is 1.28. The third-order valence-corrected chi connectivity index (χ3v) is 6.44. The summed E-state index contributed by atoms with van der Waals surface area (Å²) in [5, 5.41) is 19.9. The number of rotatable bonds is 10. The lowest BCUT2D eigenvalue weighted by molar-refractivity contribution is -0.479. The molecule has 0 saturated carbocycles. The van der Waals surface area contributed by atoms with Crippen molar-refractivity contribution in [1.29, 1.82) is 0 Å². The molecule has 0 aliphatic rings. The second-order valence-corrected chi connectivity index (χ2v) is 8.84. The average molecular weight is 495 g/mol. The number of thioether (sulfide) groups is 1. The van der Waals surface area contributed by atoms with Gasteiger partial charge in [-0.3, -0.25) is 14.7 Å². The van der Waals surface area contributed by atoms with E-state index in [1.807, 2.05) is 47.9 Å². The summed E-state index contributed by atoms with van der Waals surface area (Å²) < 4.78 is 25.9. The number of aryl methyl sites for hydroxylation is 1. The number of benzene rings is 3. The zero-order valence-corrected chi connectivity index (χ0v) is 19.9. The Bertz CT molecular complexity index is 1280. The van der Waals surface area contributed by atoms with Gasteiger partial charge in [0.2, 0.25) is 6.54 Å². The Labute approximate surface area is 205 Å². The predicted molar refractivity (Wildman–Crippen MR) is 130 cm³/mol. The summed E-state index contributed by atoms with van der Waals surface area (Å²) in [5.41, 5.74) is 2.44. The van der Waals surface area contributed by atoms with E-state index in [2.05, 4.69) is 10.2 Å². The Morgan fingerprint density at radius 2 is 1.66 bits per heavy atom. The van der Waals surface area contributed by atoms with Gasteiger partial charge in [-0.05, 0) is 66.6 Å². The number of hydrogen-bond donors (Lipinski definition) is 0. The molecule has 1 heterocycles. The Balaban J connectivity index is 1.52. The maximum Gasteiger partial charge on any atom is 0.220 e. The van der Waals surface area contributed by atoms with Gasteiger partial charge in [0.05, 0.1) is 7.11 Å². The summed E-state index contributed by atoms with van der Waals surface area (Å²) in [6, 6.07) is 20.7. The van der Waals surface area contributed by atoms with Crippen LogP contribution < -0.4 is 9.47 Å².